The molecule has 0 spiro atoms. The smallest absolute Gasteiger partial charge is 0.223 e. The van der Waals surface area contributed by atoms with Crippen molar-refractivity contribution in [3.8, 4) is 5.75 Å². The summed E-state index contributed by atoms with van der Waals surface area (Å²) in [7, 11) is 0. The van der Waals surface area contributed by atoms with Gasteiger partial charge in [0.25, 0.3) is 0 Å². The summed E-state index contributed by atoms with van der Waals surface area (Å²) in [5.74, 6) is 1.19. The zero-order valence-corrected chi connectivity index (χ0v) is 15.3. The van der Waals surface area contributed by atoms with Gasteiger partial charge >= 0.3 is 0 Å². The molecule has 3 atom stereocenters. The second-order valence-corrected chi connectivity index (χ2v) is 7.38. The van der Waals surface area contributed by atoms with Gasteiger partial charge in [-0.1, -0.05) is 18.6 Å². The van der Waals surface area contributed by atoms with E-state index in [1.807, 2.05) is 26.0 Å². The van der Waals surface area contributed by atoms with Crippen LogP contribution in [-0.2, 0) is 11.2 Å². The number of hydrogen-bond acceptors (Lipinski definition) is 3. The molecule has 1 aromatic rings. The number of rotatable bonds is 7. The van der Waals surface area contributed by atoms with Crippen molar-refractivity contribution in [2.45, 2.75) is 77.5 Å². The van der Waals surface area contributed by atoms with Gasteiger partial charge in [0.05, 0.1) is 6.10 Å². The summed E-state index contributed by atoms with van der Waals surface area (Å²) in [5.41, 5.74) is 7.25. The highest BCUT2D eigenvalue weighted by atomic mass is 16.5. The number of carbonyl (C=O) groups is 1. The van der Waals surface area contributed by atoms with E-state index in [0.717, 1.165) is 44.3 Å². The van der Waals surface area contributed by atoms with Crippen LogP contribution in [0.5, 0.6) is 5.75 Å². The summed E-state index contributed by atoms with van der Waals surface area (Å²) >= 11 is 0. The first-order valence-electron chi connectivity index (χ1n) is 9.25. The molecule has 1 fully saturated rings. The van der Waals surface area contributed by atoms with Crippen LogP contribution in [0.15, 0.2) is 24.3 Å². The fraction of sp³-hybridized carbons (Fsp3) is 0.650. The Morgan fingerprint density at radius 1 is 1.25 bits per heavy atom. The molecule has 134 valence electrons. The summed E-state index contributed by atoms with van der Waals surface area (Å²) in [5, 5.41) is 3.16. The van der Waals surface area contributed by atoms with Crippen molar-refractivity contribution in [1.82, 2.24) is 5.32 Å². The van der Waals surface area contributed by atoms with Crippen LogP contribution in [0.3, 0.4) is 0 Å². The van der Waals surface area contributed by atoms with Gasteiger partial charge in [-0.25, -0.2) is 0 Å². The first-order chi connectivity index (χ1) is 11.4. The zero-order chi connectivity index (χ0) is 17.5. The van der Waals surface area contributed by atoms with Gasteiger partial charge in [-0.15, -0.1) is 0 Å². The average molecular weight is 332 g/mol. The highest BCUT2D eigenvalue weighted by molar-refractivity contribution is 5.79. The molecule has 1 aliphatic rings. The van der Waals surface area contributed by atoms with E-state index in [1.165, 1.54) is 5.56 Å². The number of amides is 1. The van der Waals surface area contributed by atoms with Crippen LogP contribution in [-0.4, -0.2) is 24.1 Å². The molecule has 0 radical (unpaired) electrons. The number of ether oxygens (including phenoxy) is 1. The summed E-state index contributed by atoms with van der Waals surface area (Å²) in [4.78, 5) is 12.3. The van der Waals surface area contributed by atoms with Crippen molar-refractivity contribution in [2.24, 2.45) is 11.7 Å². The molecule has 4 nitrogen and oxygen atoms in total. The van der Waals surface area contributed by atoms with E-state index in [9.17, 15) is 4.79 Å². The van der Waals surface area contributed by atoms with Crippen molar-refractivity contribution in [1.29, 1.82) is 0 Å². The third kappa shape index (κ3) is 6.16. The maximum absolute atomic E-state index is 12.3. The van der Waals surface area contributed by atoms with Crippen molar-refractivity contribution < 1.29 is 9.53 Å². The molecule has 1 saturated carbocycles. The molecular weight excluding hydrogens is 300 g/mol. The molecular formula is C20H32N2O2. The second kappa shape index (κ2) is 9.07. The van der Waals surface area contributed by atoms with E-state index in [2.05, 4.69) is 24.4 Å². The van der Waals surface area contributed by atoms with E-state index >= 15 is 0 Å². The second-order valence-electron chi connectivity index (χ2n) is 7.38. The molecule has 0 saturated heterocycles. The molecule has 24 heavy (non-hydrogen) atoms. The lowest BCUT2D eigenvalue weighted by atomic mass is 9.85. The fourth-order valence-electron chi connectivity index (χ4n) is 3.29. The van der Waals surface area contributed by atoms with Crippen LogP contribution in [0.1, 0.15) is 58.4 Å². The van der Waals surface area contributed by atoms with E-state index < -0.39 is 0 Å². The van der Waals surface area contributed by atoms with Crippen molar-refractivity contribution in [3.05, 3.63) is 29.8 Å². The van der Waals surface area contributed by atoms with E-state index in [4.69, 9.17) is 10.5 Å². The molecule has 1 amide bonds. The van der Waals surface area contributed by atoms with Crippen LogP contribution in [0.4, 0.5) is 0 Å². The summed E-state index contributed by atoms with van der Waals surface area (Å²) in [6.07, 6.45) is 6.01. The van der Waals surface area contributed by atoms with E-state index in [1.54, 1.807) is 0 Å². The van der Waals surface area contributed by atoms with Gasteiger partial charge in [-0.3, -0.25) is 4.79 Å². The lowest BCUT2D eigenvalue weighted by Crippen LogP contribution is -2.41. The monoisotopic (exact) mass is 332 g/mol. The van der Waals surface area contributed by atoms with Crippen LogP contribution in [0, 0.1) is 5.92 Å². The third-order valence-corrected chi connectivity index (χ3v) is 4.64. The Hall–Kier alpha value is -1.55. The van der Waals surface area contributed by atoms with E-state index in [-0.39, 0.29) is 30.0 Å². The van der Waals surface area contributed by atoms with Crippen LogP contribution < -0.4 is 15.8 Å². The molecule has 3 unspecified atom stereocenters. The quantitative estimate of drug-likeness (QED) is 0.804. The molecule has 0 bridgehead atoms. The lowest BCUT2D eigenvalue weighted by molar-refractivity contribution is -0.126. The number of nitrogens with one attached hydrogen (secondary N) is 1. The topological polar surface area (TPSA) is 64.3 Å². The molecule has 0 aliphatic heterocycles. The van der Waals surface area contributed by atoms with Crippen molar-refractivity contribution in [2.75, 3.05) is 0 Å². The van der Waals surface area contributed by atoms with Gasteiger partial charge in [0, 0.05) is 18.0 Å². The Morgan fingerprint density at radius 3 is 2.58 bits per heavy atom. The fourth-order valence-corrected chi connectivity index (χ4v) is 3.29. The molecule has 1 aliphatic carbocycles. The highest BCUT2D eigenvalue weighted by Crippen LogP contribution is 2.23. The minimum Gasteiger partial charge on any atom is -0.491 e. The number of carbonyl (C=O) groups excluding carboxylic acids is 1. The Labute approximate surface area is 146 Å². The maximum atomic E-state index is 12.3. The van der Waals surface area contributed by atoms with Crippen LogP contribution in [0.25, 0.3) is 0 Å². The normalized spacial score (nSPS) is 22.2. The third-order valence-electron chi connectivity index (χ3n) is 4.64. The van der Waals surface area contributed by atoms with Gasteiger partial charge in [0.2, 0.25) is 5.91 Å². The Bertz CT molecular complexity index is 513. The largest absolute Gasteiger partial charge is 0.491 e. The molecule has 2 rings (SSSR count). The summed E-state index contributed by atoms with van der Waals surface area (Å²) in [6.45, 7) is 6.13. The molecule has 0 aromatic heterocycles. The Morgan fingerprint density at radius 2 is 1.96 bits per heavy atom. The first kappa shape index (κ1) is 18.8. The average Bonchev–Trinajstić information content (AvgIpc) is 2.53. The maximum Gasteiger partial charge on any atom is 0.223 e. The van der Waals surface area contributed by atoms with Gasteiger partial charge in [0.1, 0.15) is 5.75 Å². The first-order valence-corrected chi connectivity index (χ1v) is 9.25. The molecule has 0 heterocycles. The minimum absolute atomic E-state index is 0.101. The number of hydrogen-bond donors (Lipinski definition) is 2. The standard InChI is InChI=1S/C20H32N2O2/c1-14(2)24-19-11-9-16(10-12-19)8-7-15(3)22-20(23)17-5-4-6-18(21)13-17/h9-12,14-15,17-18H,4-8,13,21H2,1-3H3,(H,22,23). The number of aryl methyl sites for hydroxylation is 1. The molecule has 3 N–H and O–H groups in total. The van der Waals surface area contributed by atoms with Crippen LogP contribution >= 0.6 is 0 Å². The van der Waals surface area contributed by atoms with Crippen molar-refractivity contribution in [3.63, 3.8) is 0 Å². The Kier molecular flexibility index (Phi) is 7.10. The van der Waals surface area contributed by atoms with Gasteiger partial charge < -0.3 is 15.8 Å². The Balaban J connectivity index is 1.74. The highest BCUT2D eigenvalue weighted by Gasteiger charge is 2.25. The van der Waals surface area contributed by atoms with Gasteiger partial charge in [-0.05, 0) is 70.6 Å². The molecule has 1 aromatic carbocycles. The zero-order valence-electron chi connectivity index (χ0n) is 15.3. The van der Waals surface area contributed by atoms with Crippen molar-refractivity contribution >= 4 is 5.91 Å². The van der Waals surface area contributed by atoms with Gasteiger partial charge in [-0.2, -0.15) is 0 Å². The predicted molar refractivity (Wildman–Crippen MR) is 98.1 cm³/mol. The lowest BCUT2D eigenvalue weighted by Gasteiger charge is -2.27. The number of benzene rings is 1. The number of nitrogens with two attached hydrogens (primary N) is 1. The van der Waals surface area contributed by atoms with Gasteiger partial charge in [0.15, 0.2) is 0 Å². The van der Waals surface area contributed by atoms with Crippen LogP contribution in [0.2, 0.25) is 0 Å². The summed E-state index contributed by atoms with van der Waals surface area (Å²) < 4.78 is 5.66. The van der Waals surface area contributed by atoms with E-state index in [0.29, 0.717) is 0 Å². The minimum atomic E-state index is 0.101. The summed E-state index contributed by atoms with van der Waals surface area (Å²) in [6, 6.07) is 8.61. The predicted octanol–water partition coefficient (Wildman–Crippen LogP) is 3.43. The SMILES string of the molecule is CC(CCc1ccc(OC(C)C)cc1)NC(=O)C1CCCC(N)C1. The molecule has 4 heteroatoms.